The maximum atomic E-state index is 12.4. The topological polar surface area (TPSA) is 76.2 Å². The van der Waals surface area contributed by atoms with Gasteiger partial charge >= 0.3 is 0 Å². The van der Waals surface area contributed by atoms with Crippen molar-refractivity contribution in [3.63, 3.8) is 0 Å². The van der Waals surface area contributed by atoms with Gasteiger partial charge in [-0.25, -0.2) is 0 Å². The van der Waals surface area contributed by atoms with Gasteiger partial charge in [-0.2, -0.15) is 5.10 Å². The number of carbonyl (C=O) groups excluding carboxylic acids is 1. The highest BCUT2D eigenvalue weighted by molar-refractivity contribution is 5.95. The molecular weight excluding hydrogens is 354 g/mol. The van der Waals surface area contributed by atoms with Gasteiger partial charge in [-0.3, -0.25) is 9.89 Å². The number of ether oxygens (including phenoxy) is 2. The second-order valence-electron chi connectivity index (χ2n) is 6.82. The number of nitrogens with zero attached hydrogens (tertiary/aromatic N) is 1. The number of carbonyl (C=O) groups is 1. The van der Waals surface area contributed by atoms with Crippen LogP contribution in [0.2, 0.25) is 0 Å². The Morgan fingerprint density at radius 3 is 2.79 bits per heavy atom. The van der Waals surface area contributed by atoms with Gasteiger partial charge in [0, 0.05) is 29.4 Å². The first-order valence-corrected chi connectivity index (χ1v) is 9.41. The zero-order valence-corrected chi connectivity index (χ0v) is 16.0. The molecule has 2 aromatic carbocycles. The lowest BCUT2D eigenvalue weighted by Gasteiger charge is -2.17. The van der Waals surface area contributed by atoms with Gasteiger partial charge in [0.05, 0.1) is 24.0 Å². The number of para-hydroxylation sites is 1. The Kier molecular flexibility index (Phi) is 5.12. The molecule has 2 N–H and O–H groups in total. The quantitative estimate of drug-likeness (QED) is 0.685. The number of H-pyrrole nitrogens is 1. The van der Waals surface area contributed by atoms with Gasteiger partial charge < -0.3 is 14.8 Å². The van der Waals surface area contributed by atoms with E-state index in [1.165, 1.54) is 0 Å². The summed E-state index contributed by atoms with van der Waals surface area (Å²) in [6, 6.07) is 15.4. The number of benzene rings is 2. The monoisotopic (exact) mass is 377 g/mol. The molecule has 0 fully saturated rings. The van der Waals surface area contributed by atoms with E-state index in [1.54, 1.807) is 7.11 Å². The highest BCUT2D eigenvalue weighted by Gasteiger charge is 2.23. The lowest BCUT2D eigenvalue weighted by Crippen LogP contribution is -2.37. The second kappa shape index (κ2) is 7.86. The lowest BCUT2D eigenvalue weighted by molar-refractivity contribution is 0.0894. The molecule has 1 amide bonds. The Morgan fingerprint density at radius 2 is 2.04 bits per heavy atom. The summed E-state index contributed by atoms with van der Waals surface area (Å²) in [6.07, 6.45) is 0.818. The van der Waals surface area contributed by atoms with Crippen LogP contribution in [0.1, 0.15) is 29.3 Å². The summed E-state index contributed by atoms with van der Waals surface area (Å²) < 4.78 is 11.0. The van der Waals surface area contributed by atoms with E-state index in [0.29, 0.717) is 18.8 Å². The summed E-state index contributed by atoms with van der Waals surface area (Å²) >= 11 is 0. The number of rotatable bonds is 6. The van der Waals surface area contributed by atoms with E-state index in [-0.39, 0.29) is 11.9 Å². The number of nitrogens with one attached hydrogen (secondary N) is 2. The van der Waals surface area contributed by atoms with E-state index < -0.39 is 0 Å². The van der Waals surface area contributed by atoms with Crippen LogP contribution in [-0.4, -0.2) is 35.9 Å². The van der Waals surface area contributed by atoms with Crippen molar-refractivity contribution in [2.45, 2.75) is 26.0 Å². The average molecular weight is 377 g/mol. The fourth-order valence-corrected chi connectivity index (χ4v) is 3.43. The summed E-state index contributed by atoms with van der Waals surface area (Å²) in [5.41, 5.74) is 5.45. The van der Waals surface area contributed by atoms with Gasteiger partial charge in [-0.15, -0.1) is 0 Å². The van der Waals surface area contributed by atoms with Crippen molar-refractivity contribution in [1.29, 1.82) is 0 Å². The second-order valence-corrected chi connectivity index (χ2v) is 6.82. The fourth-order valence-electron chi connectivity index (χ4n) is 3.43. The van der Waals surface area contributed by atoms with Gasteiger partial charge in [-0.1, -0.05) is 31.2 Å². The number of aromatic amines is 1. The van der Waals surface area contributed by atoms with E-state index >= 15 is 0 Å². The minimum Gasteiger partial charge on any atom is -0.488 e. The van der Waals surface area contributed by atoms with Crippen molar-refractivity contribution in [1.82, 2.24) is 15.5 Å². The Bertz CT molecular complexity index is 979. The Labute approximate surface area is 163 Å². The molecule has 3 aromatic rings. The highest BCUT2D eigenvalue weighted by Crippen LogP contribution is 2.39. The van der Waals surface area contributed by atoms with Gasteiger partial charge in [0.2, 0.25) is 0 Å². The van der Waals surface area contributed by atoms with Gasteiger partial charge in [0.15, 0.2) is 0 Å². The molecule has 0 bridgehead atoms. The Balaban J connectivity index is 1.56. The zero-order chi connectivity index (χ0) is 19.5. The molecule has 1 aromatic heterocycles. The molecule has 2 heterocycles. The number of amides is 1. The molecule has 4 rings (SSSR count). The molecule has 0 spiro atoms. The highest BCUT2D eigenvalue weighted by atomic mass is 16.5. The molecule has 1 atom stereocenters. The van der Waals surface area contributed by atoms with E-state index in [4.69, 9.17) is 9.47 Å². The Morgan fingerprint density at radius 1 is 1.25 bits per heavy atom. The molecule has 1 aliphatic rings. The van der Waals surface area contributed by atoms with Crippen molar-refractivity contribution < 1.29 is 14.3 Å². The van der Waals surface area contributed by atoms with E-state index in [2.05, 4.69) is 15.5 Å². The summed E-state index contributed by atoms with van der Waals surface area (Å²) in [6.45, 7) is 2.99. The van der Waals surface area contributed by atoms with Crippen molar-refractivity contribution in [2.75, 3.05) is 13.7 Å². The largest absolute Gasteiger partial charge is 0.488 e. The van der Waals surface area contributed by atoms with Crippen LogP contribution in [0.4, 0.5) is 0 Å². The molecule has 144 valence electrons. The number of methoxy groups -OCH3 is 1. The molecule has 1 aliphatic heterocycles. The van der Waals surface area contributed by atoms with Crippen molar-refractivity contribution in [2.24, 2.45) is 0 Å². The van der Waals surface area contributed by atoms with E-state index in [9.17, 15) is 4.79 Å². The summed E-state index contributed by atoms with van der Waals surface area (Å²) in [7, 11) is 1.64. The summed E-state index contributed by atoms with van der Waals surface area (Å²) in [5, 5.41) is 10.6. The average Bonchev–Trinajstić information content (AvgIpc) is 3.18. The van der Waals surface area contributed by atoms with Crippen LogP contribution < -0.4 is 10.1 Å². The predicted octanol–water partition coefficient (Wildman–Crippen LogP) is 3.79. The van der Waals surface area contributed by atoms with Crippen LogP contribution in [0, 0.1) is 0 Å². The normalized spacial score (nSPS) is 13.2. The predicted molar refractivity (Wildman–Crippen MR) is 107 cm³/mol. The summed E-state index contributed by atoms with van der Waals surface area (Å²) in [4.78, 5) is 12.4. The number of aromatic nitrogens is 2. The van der Waals surface area contributed by atoms with Crippen LogP contribution in [0.15, 0.2) is 48.5 Å². The van der Waals surface area contributed by atoms with Crippen molar-refractivity contribution in [3.05, 3.63) is 59.7 Å². The maximum Gasteiger partial charge on any atom is 0.251 e. The molecule has 0 radical (unpaired) electrons. The lowest BCUT2D eigenvalue weighted by atomic mass is 9.99. The molecular formula is C22H23N3O3. The maximum absolute atomic E-state index is 12.4. The number of hydrogen-bond donors (Lipinski definition) is 2. The fraction of sp³-hybridized carbons (Fsp3) is 0.273. The van der Waals surface area contributed by atoms with Gasteiger partial charge in [0.25, 0.3) is 5.91 Å². The van der Waals surface area contributed by atoms with Crippen molar-refractivity contribution >= 4 is 5.91 Å². The van der Waals surface area contributed by atoms with E-state index in [1.807, 2.05) is 55.5 Å². The zero-order valence-electron chi connectivity index (χ0n) is 16.0. The third-order valence-corrected chi connectivity index (χ3v) is 5.01. The molecule has 0 aliphatic carbocycles. The minimum absolute atomic E-state index is 0.00718. The molecule has 0 saturated carbocycles. The van der Waals surface area contributed by atoms with Crippen LogP contribution in [0.5, 0.6) is 5.75 Å². The number of fused-ring (bicyclic) bond motifs is 3. The Hall–Kier alpha value is -3.12. The van der Waals surface area contributed by atoms with Crippen LogP contribution >= 0.6 is 0 Å². The number of hydrogen-bond acceptors (Lipinski definition) is 4. The van der Waals surface area contributed by atoms with Gasteiger partial charge in [-0.05, 0) is 30.7 Å². The third kappa shape index (κ3) is 3.39. The molecule has 28 heavy (non-hydrogen) atoms. The van der Waals surface area contributed by atoms with Gasteiger partial charge in [0.1, 0.15) is 12.4 Å². The minimum atomic E-state index is -0.100. The van der Waals surface area contributed by atoms with Crippen LogP contribution in [0.25, 0.3) is 22.5 Å². The summed E-state index contributed by atoms with van der Waals surface area (Å²) in [5.74, 6) is 0.760. The smallest absolute Gasteiger partial charge is 0.251 e. The first-order chi connectivity index (χ1) is 13.7. The first kappa shape index (κ1) is 18.3. The molecule has 6 heteroatoms. The molecule has 0 unspecified atom stereocenters. The van der Waals surface area contributed by atoms with Crippen LogP contribution in [-0.2, 0) is 11.3 Å². The standard InChI is InChI=1S/C22H23N3O3/c1-3-16(12-27-2)23-22(26)15-10-8-14(9-11-15)20-18-13-28-19-7-5-4-6-17(19)21(18)25-24-20/h4-11,16H,3,12-13H2,1-2H3,(H,23,26)(H,24,25)/t16-/m1/s1. The molecule has 0 saturated heterocycles. The molecule has 6 nitrogen and oxygen atoms in total. The third-order valence-electron chi connectivity index (χ3n) is 5.01. The van der Waals surface area contributed by atoms with E-state index in [0.717, 1.165) is 40.2 Å². The van der Waals surface area contributed by atoms with Crippen molar-refractivity contribution in [3.8, 4) is 28.3 Å². The van der Waals surface area contributed by atoms with Crippen LogP contribution in [0.3, 0.4) is 0 Å². The SMILES string of the molecule is CC[C@H](COC)NC(=O)c1ccc(-c2n[nH]c3c2COc2ccccc2-3)cc1. The first-order valence-electron chi connectivity index (χ1n) is 9.41.